The van der Waals surface area contributed by atoms with Gasteiger partial charge in [-0.3, -0.25) is 4.79 Å². The molecule has 4 heterocycles. The van der Waals surface area contributed by atoms with Gasteiger partial charge in [-0.2, -0.15) is 18.3 Å². The van der Waals surface area contributed by atoms with Crippen molar-refractivity contribution in [2.24, 2.45) is 11.7 Å². The lowest BCUT2D eigenvalue weighted by molar-refractivity contribution is -0.161. The van der Waals surface area contributed by atoms with Gasteiger partial charge in [-0.05, 0) is 42.5 Å². The van der Waals surface area contributed by atoms with Crippen molar-refractivity contribution in [3.05, 3.63) is 60.4 Å². The lowest BCUT2D eigenvalue weighted by Crippen LogP contribution is -2.51. The van der Waals surface area contributed by atoms with Crippen molar-refractivity contribution in [2.75, 3.05) is 18.9 Å². The molecule has 0 radical (unpaired) electrons. The van der Waals surface area contributed by atoms with Crippen LogP contribution in [0.5, 0.6) is 5.75 Å². The number of rotatable bonds is 6. The van der Waals surface area contributed by atoms with Crippen LogP contribution in [0.4, 0.5) is 19.0 Å². The molecule has 4 N–H and O–H groups in total. The van der Waals surface area contributed by atoms with E-state index in [1.54, 1.807) is 36.4 Å². The number of primary amides is 1. The van der Waals surface area contributed by atoms with Gasteiger partial charge >= 0.3 is 6.18 Å². The van der Waals surface area contributed by atoms with Gasteiger partial charge in [-0.1, -0.05) is 0 Å². The van der Waals surface area contributed by atoms with Gasteiger partial charge in [0.1, 0.15) is 17.7 Å². The molecule has 2 unspecified atom stereocenters. The zero-order valence-corrected chi connectivity index (χ0v) is 18.1. The third kappa shape index (κ3) is 4.35. The summed E-state index contributed by atoms with van der Waals surface area (Å²) in [7, 11) is 0. The fourth-order valence-corrected chi connectivity index (χ4v) is 3.77. The maximum atomic E-state index is 13.3. The number of fused-ring (bicyclic) bond motifs is 1. The number of aromatic nitrogens is 4. The van der Waals surface area contributed by atoms with Gasteiger partial charge in [0.2, 0.25) is 5.91 Å². The number of nitrogens with zero attached hydrogens (tertiary/aromatic N) is 4. The number of carbonyl (C=O) groups excluding carboxylic acids is 1. The smallest absolute Gasteiger partial charge is 0.419 e. The van der Waals surface area contributed by atoms with E-state index in [9.17, 15) is 18.0 Å². The lowest BCUT2D eigenvalue weighted by atomic mass is 9.98. The van der Waals surface area contributed by atoms with Crippen LogP contribution in [0.15, 0.2) is 54.9 Å². The second-order valence-corrected chi connectivity index (χ2v) is 8.04. The highest BCUT2D eigenvalue weighted by Gasteiger charge is 2.37. The van der Waals surface area contributed by atoms with Crippen LogP contribution in [-0.4, -0.2) is 44.8 Å². The summed E-state index contributed by atoms with van der Waals surface area (Å²) in [6.07, 6.45) is -2.58. The number of amides is 1. The zero-order valence-electron chi connectivity index (χ0n) is 18.1. The molecule has 9 nitrogen and oxygen atoms in total. The molecule has 1 aromatic carbocycles. The van der Waals surface area contributed by atoms with E-state index < -0.39 is 29.6 Å². The van der Waals surface area contributed by atoms with Crippen LogP contribution in [0.25, 0.3) is 28.2 Å². The van der Waals surface area contributed by atoms with Crippen molar-refractivity contribution >= 4 is 17.4 Å². The number of pyridine rings is 1. The van der Waals surface area contributed by atoms with Crippen molar-refractivity contribution in [1.29, 1.82) is 0 Å². The number of anilines is 1. The van der Waals surface area contributed by atoms with E-state index in [1.807, 2.05) is 0 Å². The van der Waals surface area contributed by atoms with E-state index in [2.05, 4.69) is 15.1 Å². The molecule has 1 fully saturated rings. The first-order valence-corrected chi connectivity index (χ1v) is 10.5. The Labute approximate surface area is 196 Å². The number of benzene rings is 1. The molecule has 35 heavy (non-hydrogen) atoms. The molecule has 0 bridgehead atoms. The number of hydrogen-bond acceptors (Lipinski definition) is 7. The average Bonchev–Trinajstić information content (AvgIpc) is 3.21. The van der Waals surface area contributed by atoms with Gasteiger partial charge in [-0.15, -0.1) is 0 Å². The Hall–Kier alpha value is -4.19. The maximum absolute atomic E-state index is 13.3. The molecule has 180 valence electrons. The quantitative estimate of drug-likeness (QED) is 0.430. The molecule has 4 aromatic rings. The first-order valence-electron chi connectivity index (χ1n) is 10.5. The summed E-state index contributed by atoms with van der Waals surface area (Å²) in [5.41, 5.74) is 12.0. The number of nitrogen functional groups attached to an aromatic ring is 1. The van der Waals surface area contributed by atoms with E-state index >= 15 is 0 Å². The van der Waals surface area contributed by atoms with Crippen LogP contribution in [-0.2, 0) is 15.7 Å². The normalized spacial score (nSPS) is 17.8. The average molecular weight is 484 g/mol. The number of hydrogen-bond donors (Lipinski definition) is 2. The molecule has 1 amide bonds. The SMILES string of the molecule is NC(=O)C1OCC1COc1ccc(-c2ccc3ncc(-c4cnc(N)c(C(F)(F)F)c4)n3n2)cc1. The standard InChI is InChI=1S/C23H19F3N6O3/c24-23(25,26)16-7-13(8-30-21(16)27)18-9-29-19-6-5-17(31-32(18)19)12-1-3-15(4-2-12)34-10-14-11-35-20(14)22(28)33/h1-9,14,20H,10-11H2,(H2,27,30)(H2,28,33). The van der Waals surface area contributed by atoms with E-state index in [0.29, 0.717) is 36.0 Å². The van der Waals surface area contributed by atoms with Gasteiger partial charge in [0, 0.05) is 17.3 Å². The third-order valence-electron chi connectivity index (χ3n) is 5.69. The van der Waals surface area contributed by atoms with E-state index in [1.165, 1.54) is 16.9 Å². The molecule has 5 rings (SSSR count). The summed E-state index contributed by atoms with van der Waals surface area (Å²) in [5, 5.41) is 4.56. The molecule has 0 saturated carbocycles. The van der Waals surface area contributed by atoms with E-state index in [0.717, 1.165) is 11.6 Å². The lowest BCUT2D eigenvalue weighted by Gasteiger charge is -2.33. The van der Waals surface area contributed by atoms with Gasteiger partial charge in [0.25, 0.3) is 0 Å². The van der Waals surface area contributed by atoms with E-state index in [4.69, 9.17) is 20.9 Å². The van der Waals surface area contributed by atoms with Crippen molar-refractivity contribution in [3.8, 4) is 28.3 Å². The highest BCUT2D eigenvalue weighted by Crippen LogP contribution is 2.35. The number of alkyl halides is 3. The second kappa shape index (κ2) is 8.55. The number of imidazole rings is 1. The molecule has 0 aliphatic carbocycles. The van der Waals surface area contributed by atoms with Crippen LogP contribution in [0.1, 0.15) is 5.56 Å². The fourth-order valence-electron chi connectivity index (χ4n) is 3.77. The summed E-state index contributed by atoms with van der Waals surface area (Å²) in [6, 6.07) is 11.5. The van der Waals surface area contributed by atoms with Crippen LogP contribution < -0.4 is 16.2 Å². The molecule has 0 spiro atoms. The minimum absolute atomic E-state index is 0.0865. The molecule has 3 aromatic heterocycles. The summed E-state index contributed by atoms with van der Waals surface area (Å²) in [5.74, 6) is -0.594. The molecule has 1 saturated heterocycles. The predicted octanol–water partition coefficient (Wildman–Crippen LogP) is 2.94. The number of ether oxygens (including phenoxy) is 2. The Balaban J connectivity index is 1.39. The summed E-state index contributed by atoms with van der Waals surface area (Å²) < 4.78 is 52.2. The van der Waals surface area contributed by atoms with Crippen molar-refractivity contribution in [1.82, 2.24) is 19.6 Å². The third-order valence-corrected chi connectivity index (χ3v) is 5.69. The van der Waals surface area contributed by atoms with Crippen molar-refractivity contribution < 1.29 is 27.4 Å². The molecular weight excluding hydrogens is 465 g/mol. The molecular formula is C23H19F3N6O3. The minimum atomic E-state index is -4.64. The first kappa shape index (κ1) is 22.6. The monoisotopic (exact) mass is 484 g/mol. The molecule has 12 heteroatoms. The molecule has 2 atom stereocenters. The summed E-state index contributed by atoms with van der Waals surface area (Å²) >= 11 is 0. The highest BCUT2D eigenvalue weighted by molar-refractivity contribution is 5.80. The highest BCUT2D eigenvalue weighted by atomic mass is 19.4. The van der Waals surface area contributed by atoms with Gasteiger partial charge in [0.05, 0.1) is 42.3 Å². The zero-order chi connectivity index (χ0) is 24.7. The van der Waals surface area contributed by atoms with Crippen LogP contribution in [0, 0.1) is 5.92 Å². The number of nitrogens with two attached hydrogens (primary N) is 2. The van der Waals surface area contributed by atoms with Crippen molar-refractivity contribution in [3.63, 3.8) is 0 Å². The Morgan fingerprint density at radius 3 is 2.54 bits per heavy atom. The van der Waals surface area contributed by atoms with Gasteiger partial charge in [-0.25, -0.2) is 14.5 Å². The van der Waals surface area contributed by atoms with Crippen LogP contribution >= 0.6 is 0 Å². The van der Waals surface area contributed by atoms with Crippen LogP contribution in [0.3, 0.4) is 0 Å². The number of carbonyl (C=O) groups is 1. The largest absolute Gasteiger partial charge is 0.493 e. The Kier molecular flexibility index (Phi) is 5.52. The topological polar surface area (TPSA) is 131 Å². The Morgan fingerprint density at radius 1 is 1.11 bits per heavy atom. The predicted molar refractivity (Wildman–Crippen MR) is 119 cm³/mol. The number of halogens is 3. The van der Waals surface area contributed by atoms with Gasteiger partial charge < -0.3 is 20.9 Å². The van der Waals surface area contributed by atoms with Crippen molar-refractivity contribution in [2.45, 2.75) is 12.3 Å². The second-order valence-electron chi connectivity index (χ2n) is 8.04. The maximum Gasteiger partial charge on any atom is 0.419 e. The Bertz CT molecular complexity index is 1400. The molecule has 1 aliphatic rings. The summed E-state index contributed by atoms with van der Waals surface area (Å²) in [6.45, 7) is 0.710. The molecule has 1 aliphatic heterocycles. The summed E-state index contributed by atoms with van der Waals surface area (Å²) in [4.78, 5) is 19.2. The van der Waals surface area contributed by atoms with Gasteiger partial charge in [0.15, 0.2) is 5.65 Å². The Morgan fingerprint density at radius 2 is 1.89 bits per heavy atom. The minimum Gasteiger partial charge on any atom is -0.493 e. The first-order chi connectivity index (χ1) is 16.7. The van der Waals surface area contributed by atoms with E-state index in [-0.39, 0.29) is 11.5 Å². The fraction of sp³-hybridized carbons (Fsp3) is 0.217. The van der Waals surface area contributed by atoms with Crippen LogP contribution in [0.2, 0.25) is 0 Å².